The van der Waals surface area contributed by atoms with Crippen molar-refractivity contribution in [1.29, 1.82) is 0 Å². The predicted molar refractivity (Wildman–Crippen MR) is 118 cm³/mol. The number of rotatable bonds is 7. The third kappa shape index (κ3) is 4.78. The number of aromatic nitrogens is 1. The molecule has 0 spiro atoms. The summed E-state index contributed by atoms with van der Waals surface area (Å²) in [6.45, 7) is 4.73. The van der Waals surface area contributed by atoms with E-state index in [0.29, 0.717) is 23.6 Å². The lowest BCUT2D eigenvalue weighted by atomic mass is 9.96. The third-order valence-electron chi connectivity index (χ3n) is 4.53. The van der Waals surface area contributed by atoms with Crippen LogP contribution in [0.4, 0.5) is 0 Å². The first kappa shape index (κ1) is 22.5. The number of nitrogens with zero attached hydrogens (tertiary/aromatic N) is 1. The van der Waals surface area contributed by atoms with Gasteiger partial charge in [-0.3, -0.25) is 9.59 Å². The number of fused-ring (bicyclic) bond motifs is 1. The Morgan fingerprint density at radius 3 is 2.38 bits per heavy atom. The van der Waals surface area contributed by atoms with Crippen LogP contribution in [0.2, 0.25) is 0 Å². The number of nitrogens with two attached hydrogens (primary N) is 2. The third-order valence-corrected chi connectivity index (χ3v) is 4.53. The van der Waals surface area contributed by atoms with Crippen molar-refractivity contribution in [2.75, 3.05) is 6.61 Å². The molecule has 0 aliphatic rings. The van der Waals surface area contributed by atoms with Crippen LogP contribution in [0.3, 0.4) is 0 Å². The zero-order valence-electron chi connectivity index (χ0n) is 16.6. The van der Waals surface area contributed by atoms with Crippen LogP contribution < -0.4 is 21.8 Å². The molecule has 7 heteroatoms. The van der Waals surface area contributed by atoms with Crippen LogP contribution in [0.1, 0.15) is 19.5 Å². The van der Waals surface area contributed by atoms with Gasteiger partial charge < -0.3 is 20.8 Å². The Bertz CT molecular complexity index is 1060. The van der Waals surface area contributed by atoms with E-state index in [1.54, 1.807) is 22.8 Å². The van der Waals surface area contributed by atoms with Crippen LogP contribution in [-0.2, 0) is 17.9 Å². The minimum atomic E-state index is -0.557. The second kappa shape index (κ2) is 9.58. The van der Waals surface area contributed by atoms with E-state index in [-0.39, 0.29) is 31.1 Å². The summed E-state index contributed by atoms with van der Waals surface area (Å²) in [6, 6.07) is 15.0. The smallest absolute Gasteiger partial charge is 0.258 e. The van der Waals surface area contributed by atoms with Crippen molar-refractivity contribution < 1.29 is 9.53 Å². The summed E-state index contributed by atoms with van der Waals surface area (Å²) in [5.41, 5.74) is 13.9. The van der Waals surface area contributed by atoms with Gasteiger partial charge in [-0.1, -0.05) is 44.2 Å². The fraction of sp³-hybridized carbons (Fsp3) is 0.273. The van der Waals surface area contributed by atoms with E-state index in [2.05, 4.69) is 13.8 Å². The van der Waals surface area contributed by atoms with Gasteiger partial charge in [0.2, 0.25) is 0 Å². The number of amides is 1. The Kier molecular flexibility index (Phi) is 7.42. The first-order chi connectivity index (χ1) is 13.4. The zero-order chi connectivity index (χ0) is 20.3. The number of benzene rings is 2. The van der Waals surface area contributed by atoms with Crippen molar-refractivity contribution in [2.45, 2.75) is 26.9 Å². The standard InChI is InChI=1S/C22H25N3O3.ClH/c1-14(2)12-25-19(11-23)21(15-6-4-3-5-7-15)18-10-16(28-13-20(24)26)8-9-17(18)22(25)27;/h3-10,14H,11-13,23H2,1-2H3,(H2,24,26);1H. The van der Waals surface area contributed by atoms with Gasteiger partial charge in [0, 0.05) is 35.1 Å². The van der Waals surface area contributed by atoms with E-state index in [0.717, 1.165) is 22.2 Å². The molecular weight excluding hydrogens is 390 g/mol. The van der Waals surface area contributed by atoms with Crippen LogP contribution in [0.25, 0.3) is 21.9 Å². The summed E-state index contributed by atoms with van der Waals surface area (Å²) < 4.78 is 7.24. The highest BCUT2D eigenvalue weighted by molar-refractivity contribution is 5.98. The molecule has 0 fully saturated rings. The normalized spacial score (nSPS) is 10.8. The first-order valence-corrected chi connectivity index (χ1v) is 9.28. The molecule has 0 aliphatic heterocycles. The molecule has 4 N–H and O–H groups in total. The number of hydrogen-bond acceptors (Lipinski definition) is 4. The van der Waals surface area contributed by atoms with E-state index in [1.807, 2.05) is 30.3 Å². The molecule has 0 radical (unpaired) electrons. The minimum Gasteiger partial charge on any atom is -0.484 e. The topological polar surface area (TPSA) is 100 Å². The maximum absolute atomic E-state index is 13.2. The highest BCUT2D eigenvalue weighted by atomic mass is 35.5. The molecule has 6 nitrogen and oxygen atoms in total. The summed E-state index contributed by atoms with van der Waals surface area (Å²) in [5.74, 6) is 0.216. The van der Waals surface area contributed by atoms with Crippen LogP contribution >= 0.6 is 12.4 Å². The number of hydrogen-bond donors (Lipinski definition) is 2. The Balaban J connectivity index is 0.00000300. The molecule has 2 aromatic carbocycles. The van der Waals surface area contributed by atoms with Gasteiger partial charge in [0.1, 0.15) is 5.75 Å². The number of pyridine rings is 1. The Hall–Kier alpha value is -2.83. The highest BCUT2D eigenvalue weighted by Gasteiger charge is 2.18. The molecule has 3 aromatic rings. The maximum atomic E-state index is 13.2. The number of carbonyl (C=O) groups is 1. The molecule has 154 valence electrons. The summed E-state index contributed by atoms with van der Waals surface area (Å²) in [7, 11) is 0. The van der Waals surface area contributed by atoms with Gasteiger partial charge >= 0.3 is 0 Å². The van der Waals surface area contributed by atoms with Crippen LogP contribution in [0.15, 0.2) is 53.3 Å². The highest BCUT2D eigenvalue weighted by Crippen LogP contribution is 2.33. The van der Waals surface area contributed by atoms with Crippen molar-refractivity contribution in [1.82, 2.24) is 4.57 Å². The quantitative estimate of drug-likeness (QED) is 0.619. The summed E-state index contributed by atoms with van der Waals surface area (Å²) in [5, 5.41) is 1.33. The summed E-state index contributed by atoms with van der Waals surface area (Å²) >= 11 is 0. The second-order valence-electron chi connectivity index (χ2n) is 7.16. The largest absolute Gasteiger partial charge is 0.484 e. The van der Waals surface area contributed by atoms with Gasteiger partial charge in [-0.15, -0.1) is 12.4 Å². The Labute approximate surface area is 175 Å². The van der Waals surface area contributed by atoms with E-state index in [1.165, 1.54) is 0 Å². The van der Waals surface area contributed by atoms with Crippen molar-refractivity contribution in [3.63, 3.8) is 0 Å². The molecule has 0 aliphatic carbocycles. The van der Waals surface area contributed by atoms with E-state index < -0.39 is 5.91 Å². The van der Waals surface area contributed by atoms with Crippen LogP contribution in [0, 0.1) is 5.92 Å². The lowest BCUT2D eigenvalue weighted by molar-refractivity contribution is -0.119. The lowest BCUT2D eigenvalue weighted by Gasteiger charge is -2.21. The molecule has 0 saturated carbocycles. The number of primary amides is 1. The van der Waals surface area contributed by atoms with Crippen molar-refractivity contribution >= 4 is 29.1 Å². The van der Waals surface area contributed by atoms with Crippen LogP contribution in [0.5, 0.6) is 5.75 Å². The monoisotopic (exact) mass is 415 g/mol. The molecule has 29 heavy (non-hydrogen) atoms. The molecule has 0 atom stereocenters. The zero-order valence-corrected chi connectivity index (χ0v) is 17.4. The van der Waals surface area contributed by atoms with Gasteiger partial charge in [0.05, 0.1) is 0 Å². The molecule has 0 unspecified atom stereocenters. The molecule has 1 aromatic heterocycles. The minimum absolute atomic E-state index is 0. The average Bonchev–Trinajstić information content (AvgIpc) is 2.68. The molecular formula is C22H26ClN3O3. The van der Waals surface area contributed by atoms with E-state index in [9.17, 15) is 9.59 Å². The molecule has 0 saturated heterocycles. The average molecular weight is 416 g/mol. The molecule has 1 heterocycles. The van der Waals surface area contributed by atoms with Gasteiger partial charge in [0.25, 0.3) is 11.5 Å². The summed E-state index contributed by atoms with van der Waals surface area (Å²) in [4.78, 5) is 24.3. The molecule has 0 bridgehead atoms. The van der Waals surface area contributed by atoms with E-state index in [4.69, 9.17) is 16.2 Å². The lowest BCUT2D eigenvalue weighted by Crippen LogP contribution is -2.28. The second-order valence-corrected chi connectivity index (χ2v) is 7.16. The van der Waals surface area contributed by atoms with Crippen LogP contribution in [-0.4, -0.2) is 17.1 Å². The fourth-order valence-corrected chi connectivity index (χ4v) is 3.42. The van der Waals surface area contributed by atoms with Crippen molar-refractivity contribution in [3.8, 4) is 16.9 Å². The molecule has 3 rings (SSSR count). The first-order valence-electron chi connectivity index (χ1n) is 9.28. The van der Waals surface area contributed by atoms with Crippen molar-refractivity contribution in [2.24, 2.45) is 17.4 Å². The van der Waals surface area contributed by atoms with Gasteiger partial charge in [0.15, 0.2) is 6.61 Å². The fourth-order valence-electron chi connectivity index (χ4n) is 3.42. The maximum Gasteiger partial charge on any atom is 0.258 e. The Morgan fingerprint density at radius 2 is 1.79 bits per heavy atom. The van der Waals surface area contributed by atoms with Gasteiger partial charge in [-0.05, 0) is 29.7 Å². The van der Waals surface area contributed by atoms with Crippen molar-refractivity contribution in [3.05, 3.63) is 64.6 Å². The number of ether oxygens (including phenoxy) is 1. The summed E-state index contributed by atoms with van der Waals surface area (Å²) in [6.07, 6.45) is 0. The predicted octanol–water partition coefficient (Wildman–Crippen LogP) is 3.07. The van der Waals surface area contributed by atoms with E-state index >= 15 is 0 Å². The molecule has 1 amide bonds. The number of carbonyl (C=O) groups excluding carboxylic acids is 1. The Morgan fingerprint density at radius 1 is 1.10 bits per heavy atom. The van der Waals surface area contributed by atoms with Gasteiger partial charge in [-0.2, -0.15) is 0 Å². The van der Waals surface area contributed by atoms with Gasteiger partial charge in [-0.25, -0.2) is 0 Å². The number of halogens is 1. The SMILES string of the molecule is CC(C)Cn1c(CN)c(-c2ccccc2)c2cc(OCC(N)=O)ccc2c1=O.Cl.